The van der Waals surface area contributed by atoms with Crippen LogP contribution in [0.4, 0.5) is 0 Å². The Morgan fingerprint density at radius 2 is 1.88 bits per heavy atom. The van der Waals surface area contributed by atoms with Crippen LogP contribution in [0.1, 0.15) is 57.1 Å². The van der Waals surface area contributed by atoms with Gasteiger partial charge in [0, 0.05) is 12.3 Å². The standard InChI is InChI=1S/C27H34O5/c1-18(26(30)31)17-19-9-7-12-23(25(19)29)21-14-15-24(28)22(21)13-8-16-27(2,3)32-20-10-5-4-6-11-20/h4-13,18,21-22,24,28-29H,14-17H2,1-3H3,(H,30,31)/b13-8+/t18?,21-,22?,24+/m0/s1. The minimum Gasteiger partial charge on any atom is -0.507 e. The molecule has 32 heavy (non-hydrogen) atoms. The van der Waals surface area contributed by atoms with E-state index in [2.05, 4.69) is 6.08 Å². The second kappa shape index (κ2) is 10.2. The predicted octanol–water partition coefficient (Wildman–Crippen LogP) is 5.31. The molecule has 1 fully saturated rings. The molecule has 4 atom stereocenters. The van der Waals surface area contributed by atoms with E-state index in [9.17, 15) is 20.1 Å². The van der Waals surface area contributed by atoms with Crippen LogP contribution in [0.25, 0.3) is 0 Å². The van der Waals surface area contributed by atoms with Gasteiger partial charge in [0.1, 0.15) is 17.1 Å². The molecule has 0 heterocycles. The zero-order valence-electron chi connectivity index (χ0n) is 19.1. The maximum atomic E-state index is 11.2. The van der Waals surface area contributed by atoms with Gasteiger partial charge in [0.15, 0.2) is 0 Å². The normalized spacial score (nSPS) is 22.2. The number of carbonyl (C=O) groups is 1. The molecule has 5 heteroatoms. The summed E-state index contributed by atoms with van der Waals surface area (Å²) in [5, 5.41) is 30.7. The lowest BCUT2D eigenvalue weighted by Gasteiger charge is -2.26. The molecule has 0 spiro atoms. The molecule has 0 amide bonds. The Bertz CT molecular complexity index is 934. The molecule has 3 N–H and O–H groups in total. The number of rotatable bonds is 9. The SMILES string of the molecule is CC(Cc1cccc([C@H]2CC[C@@H](O)C2/C=C/CC(C)(C)Oc2ccccc2)c1O)C(=O)O. The van der Waals surface area contributed by atoms with Crippen LogP contribution in [0.15, 0.2) is 60.7 Å². The zero-order valence-corrected chi connectivity index (χ0v) is 19.1. The summed E-state index contributed by atoms with van der Waals surface area (Å²) in [6.07, 6.45) is 6.02. The van der Waals surface area contributed by atoms with E-state index in [1.54, 1.807) is 13.0 Å². The Balaban J connectivity index is 1.73. The Labute approximate surface area is 190 Å². The molecule has 1 aliphatic rings. The van der Waals surface area contributed by atoms with Crippen LogP contribution < -0.4 is 4.74 Å². The van der Waals surface area contributed by atoms with Crippen molar-refractivity contribution in [3.05, 3.63) is 71.8 Å². The third-order valence-corrected chi connectivity index (χ3v) is 6.29. The molecule has 0 aromatic heterocycles. The highest BCUT2D eigenvalue weighted by molar-refractivity contribution is 5.70. The first-order chi connectivity index (χ1) is 15.2. The number of hydrogen-bond donors (Lipinski definition) is 3. The first-order valence-electron chi connectivity index (χ1n) is 11.3. The van der Waals surface area contributed by atoms with Crippen LogP contribution in [-0.4, -0.2) is 33.0 Å². The first-order valence-corrected chi connectivity index (χ1v) is 11.3. The zero-order chi connectivity index (χ0) is 23.3. The number of phenols is 1. The lowest BCUT2D eigenvalue weighted by molar-refractivity contribution is -0.141. The van der Waals surface area contributed by atoms with Crippen molar-refractivity contribution >= 4 is 5.97 Å². The van der Waals surface area contributed by atoms with Gasteiger partial charge in [0.05, 0.1) is 12.0 Å². The largest absolute Gasteiger partial charge is 0.507 e. The summed E-state index contributed by atoms with van der Waals surface area (Å²) in [4.78, 5) is 11.2. The van der Waals surface area contributed by atoms with Crippen molar-refractivity contribution in [3.8, 4) is 11.5 Å². The van der Waals surface area contributed by atoms with Crippen molar-refractivity contribution in [1.29, 1.82) is 0 Å². The number of aliphatic hydroxyl groups excluding tert-OH is 1. The number of benzene rings is 2. The first kappa shape index (κ1) is 23.9. The molecule has 172 valence electrons. The summed E-state index contributed by atoms with van der Waals surface area (Å²) in [6, 6.07) is 15.2. The van der Waals surface area contributed by atoms with Gasteiger partial charge in [-0.15, -0.1) is 0 Å². The predicted molar refractivity (Wildman–Crippen MR) is 125 cm³/mol. The number of hydrogen-bond acceptors (Lipinski definition) is 4. The summed E-state index contributed by atoms with van der Waals surface area (Å²) >= 11 is 0. The van der Waals surface area contributed by atoms with Crippen molar-refractivity contribution < 1.29 is 24.9 Å². The van der Waals surface area contributed by atoms with Crippen molar-refractivity contribution in [2.75, 3.05) is 0 Å². The molecule has 2 aromatic carbocycles. The van der Waals surface area contributed by atoms with Crippen LogP contribution in [0.5, 0.6) is 11.5 Å². The lowest BCUT2D eigenvalue weighted by Crippen LogP contribution is -2.27. The second-order valence-corrected chi connectivity index (χ2v) is 9.43. The van der Waals surface area contributed by atoms with Crippen LogP contribution in [0, 0.1) is 11.8 Å². The van der Waals surface area contributed by atoms with Gasteiger partial charge in [-0.1, -0.05) is 55.5 Å². The molecule has 1 saturated carbocycles. The third kappa shape index (κ3) is 5.92. The molecule has 1 aliphatic carbocycles. The summed E-state index contributed by atoms with van der Waals surface area (Å²) in [5.41, 5.74) is 1.02. The third-order valence-electron chi connectivity index (χ3n) is 6.29. The van der Waals surface area contributed by atoms with Crippen LogP contribution in [0.2, 0.25) is 0 Å². The molecule has 3 rings (SSSR count). The van der Waals surface area contributed by atoms with E-state index in [0.717, 1.165) is 17.7 Å². The summed E-state index contributed by atoms with van der Waals surface area (Å²) in [6.45, 7) is 5.70. The fraction of sp³-hybridized carbons (Fsp3) is 0.444. The van der Waals surface area contributed by atoms with E-state index in [4.69, 9.17) is 4.74 Å². The van der Waals surface area contributed by atoms with Gasteiger partial charge in [0.25, 0.3) is 0 Å². The molecule has 0 aliphatic heterocycles. The van der Waals surface area contributed by atoms with Crippen LogP contribution in [0.3, 0.4) is 0 Å². The quantitative estimate of drug-likeness (QED) is 0.462. The number of aliphatic hydroxyl groups is 1. The summed E-state index contributed by atoms with van der Waals surface area (Å²) in [7, 11) is 0. The van der Waals surface area contributed by atoms with Crippen LogP contribution in [-0.2, 0) is 11.2 Å². The Kier molecular flexibility index (Phi) is 7.62. The van der Waals surface area contributed by atoms with E-state index in [1.807, 2.05) is 62.4 Å². The smallest absolute Gasteiger partial charge is 0.306 e. The average Bonchev–Trinajstić information content (AvgIpc) is 3.10. The van der Waals surface area contributed by atoms with E-state index in [-0.39, 0.29) is 24.0 Å². The highest BCUT2D eigenvalue weighted by atomic mass is 16.5. The average molecular weight is 439 g/mol. The minimum atomic E-state index is -0.882. The minimum absolute atomic E-state index is 0.0144. The Morgan fingerprint density at radius 3 is 2.56 bits per heavy atom. The highest BCUT2D eigenvalue weighted by Crippen LogP contribution is 2.45. The Morgan fingerprint density at radius 1 is 1.16 bits per heavy atom. The number of aromatic hydroxyl groups is 1. The van der Waals surface area contributed by atoms with Crippen molar-refractivity contribution in [3.63, 3.8) is 0 Å². The lowest BCUT2D eigenvalue weighted by atomic mass is 9.85. The molecule has 0 radical (unpaired) electrons. The molecular weight excluding hydrogens is 404 g/mol. The molecule has 2 aromatic rings. The number of carboxylic acid groups (broad SMARTS) is 1. The number of aliphatic carboxylic acids is 1. The molecule has 0 bridgehead atoms. The van der Waals surface area contributed by atoms with Crippen LogP contribution >= 0.6 is 0 Å². The van der Waals surface area contributed by atoms with E-state index < -0.39 is 23.6 Å². The van der Waals surface area contributed by atoms with Gasteiger partial charge in [-0.25, -0.2) is 0 Å². The maximum Gasteiger partial charge on any atom is 0.306 e. The topological polar surface area (TPSA) is 87.0 Å². The van der Waals surface area contributed by atoms with Crippen molar-refractivity contribution in [2.24, 2.45) is 11.8 Å². The maximum absolute atomic E-state index is 11.2. The molecule has 2 unspecified atom stereocenters. The van der Waals surface area contributed by atoms with Gasteiger partial charge < -0.3 is 20.1 Å². The molecular formula is C27H34O5. The van der Waals surface area contributed by atoms with Gasteiger partial charge in [-0.3, -0.25) is 4.79 Å². The van der Waals surface area contributed by atoms with Crippen molar-refractivity contribution in [2.45, 2.75) is 64.1 Å². The van der Waals surface area contributed by atoms with Crippen molar-refractivity contribution in [1.82, 2.24) is 0 Å². The van der Waals surface area contributed by atoms with E-state index in [0.29, 0.717) is 18.4 Å². The number of para-hydroxylation sites is 2. The summed E-state index contributed by atoms with van der Waals surface area (Å²) in [5.74, 6) is -0.604. The fourth-order valence-electron chi connectivity index (χ4n) is 4.48. The Hall–Kier alpha value is -2.79. The summed E-state index contributed by atoms with van der Waals surface area (Å²) < 4.78 is 6.09. The molecule has 5 nitrogen and oxygen atoms in total. The van der Waals surface area contributed by atoms with Gasteiger partial charge in [-0.05, 0) is 62.3 Å². The number of phenolic OH excluding ortho intramolecular Hbond substituents is 1. The van der Waals surface area contributed by atoms with Gasteiger partial charge >= 0.3 is 5.97 Å². The monoisotopic (exact) mass is 438 g/mol. The second-order valence-electron chi connectivity index (χ2n) is 9.43. The van der Waals surface area contributed by atoms with E-state index >= 15 is 0 Å². The van der Waals surface area contributed by atoms with E-state index in [1.165, 1.54) is 0 Å². The number of ether oxygens (including phenoxy) is 1. The number of carboxylic acids is 1. The fourth-order valence-corrected chi connectivity index (χ4v) is 4.48. The molecule has 0 saturated heterocycles. The highest BCUT2D eigenvalue weighted by Gasteiger charge is 2.36. The van der Waals surface area contributed by atoms with Gasteiger partial charge in [0.2, 0.25) is 0 Å². The van der Waals surface area contributed by atoms with Gasteiger partial charge in [-0.2, -0.15) is 0 Å².